The molecule has 0 radical (unpaired) electrons. The molecule has 3 N–H and O–H groups in total. The number of nitrogens with zero attached hydrogens (tertiary/aromatic N) is 3. The highest BCUT2D eigenvalue weighted by molar-refractivity contribution is 5.46. The van der Waals surface area contributed by atoms with Crippen molar-refractivity contribution in [3.8, 4) is 0 Å². The number of rotatable bonds is 3. The number of aromatic nitrogens is 2. The molecule has 0 aliphatic heterocycles. The number of nitrogen functional groups attached to an aromatic ring is 1. The van der Waals surface area contributed by atoms with Gasteiger partial charge in [0.25, 0.3) is 0 Å². The lowest BCUT2D eigenvalue weighted by Crippen LogP contribution is -2.37. The van der Waals surface area contributed by atoms with Gasteiger partial charge >= 0.3 is 6.18 Å². The standard InChI is InChI=1S/C11H15F3N4O/c1-18(5-6-2-7(19)3-6)9-4-8(15)16-10(17-9)11(12,13)14/h4,6-7,19H,2-3,5H2,1H3,(H2,15,16,17). The fraction of sp³-hybridized carbons (Fsp3) is 0.636. The van der Waals surface area contributed by atoms with Crippen molar-refractivity contribution < 1.29 is 18.3 Å². The van der Waals surface area contributed by atoms with Crippen LogP contribution >= 0.6 is 0 Å². The molecular formula is C11H15F3N4O. The maximum atomic E-state index is 12.6. The van der Waals surface area contributed by atoms with Crippen molar-refractivity contribution in [3.05, 3.63) is 11.9 Å². The van der Waals surface area contributed by atoms with Crippen molar-refractivity contribution in [1.82, 2.24) is 9.97 Å². The molecule has 5 nitrogen and oxygen atoms in total. The fourth-order valence-corrected chi connectivity index (χ4v) is 2.11. The normalized spacial score (nSPS) is 23.0. The van der Waals surface area contributed by atoms with Gasteiger partial charge in [0.15, 0.2) is 0 Å². The number of aliphatic hydroxyl groups is 1. The lowest BCUT2D eigenvalue weighted by Gasteiger charge is -2.34. The van der Waals surface area contributed by atoms with Gasteiger partial charge in [-0.25, -0.2) is 9.97 Å². The first kappa shape index (κ1) is 13.9. The molecule has 1 aromatic rings. The zero-order valence-corrected chi connectivity index (χ0v) is 10.4. The summed E-state index contributed by atoms with van der Waals surface area (Å²) in [7, 11) is 1.65. The summed E-state index contributed by atoms with van der Waals surface area (Å²) in [5.74, 6) is -1.03. The first-order chi connectivity index (χ1) is 8.75. The number of nitrogens with two attached hydrogens (primary N) is 1. The lowest BCUT2D eigenvalue weighted by molar-refractivity contribution is -0.144. The summed E-state index contributed by atoms with van der Waals surface area (Å²) < 4.78 is 37.7. The van der Waals surface area contributed by atoms with Crippen LogP contribution in [0.5, 0.6) is 0 Å². The quantitative estimate of drug-likeness (QED) is 0.870. The van der Waals surface area contributed by atoms with E-state index in [1.165, 1.54) is 6.07 Å². The molecule has 2 rings (SSSR count). The minimum absolute atomic E-state index is 0.140. The molecule has 1 aliphatic carbocycles. The van der Waals surface area contributed by atoms with E-state index in [2.05, 4.69) is 9.97 Å². The van der Waals surface area contributed by atoms with Crippen LogP contribution in [0, 0.1) is 5.92 Å². The van der Waals surface area contributed by atoms with Gasteiger partial charge in [-0.05, 0) is 18.8 Å². The molecule has 8 heteroatoms. The summed E-state index contributed by atoms with van der Waals surface area (Å²) >= 11 is 0. The Labute approximate surface area is 108 Å². The highest BCUT2D eigenvalue weighted by Crippen LogP contribution is 2.31. The van der Waals surface area contributed by atoms with Crippen LogP contribution in [-0.2, 0) is 6.18 Å². The molecule has 1 saturated carbocycles. The van der Waals surface area contributed by atoms with Crippen LogP contribution in [0.3, 0.4) is 0 Å². The Morgan fingerprint density at radius 3 is 2.58 bits per heavy atom. The van der Waals surface area contributed by atoms with E-state index in [0.717, 1.165) is 0 Å². The van der Waals surface area contributed by atoms with E-state index in [0.29, 0.717) is 19.4 Å². The molecule has 1 heterocycles. The Kier molecular flexibility index (Phi) is 3.53. The van der Waals surface area contributed by atoms with Gasteiger partial charge in [0.2, 0.25) is 5.82 Å². The molecule has 0 bridgehead atoms. The van der Waals surface area contributed by atoms with Gasteiger partial charge in [0.1, 0.15) is 11.6 Å². The molecule has 1 aromatic heterocycles. The van der Waals surface area contributed by atoms with E-state index in [1.807, 2.05) is 0 Å². The molecule has 0 atom stereocenters. The molecule has 0 saturated heterocycles. The predicted molar refractivity (Wildman–Crippen MR) is 63.4 cm³/mol. The molecule has 0 unspecified atom stereocenters. The molecular weight excluding hydrogens is 261 g/mol. The van der Waals surface area contributed by atoms with Crippen molar-refractivity contribution in [3.63, 3.8) is 0 Å². The number of halogens is 3. The number of hydrogen-bond acceptors (Lipinski definition) is 5. The van der Waals surface area contributed by atoms with Crippen LogP contribution in [-0.4, -0.2) is 34.8 Å². The topological polar surface area (TPSA) is 75.3 Å². The van der Waals surface area contributed by atoms with Gasteiger partial charge in [-0.15, -0.1) is 0 Å². The minimum atomic E-state index is -4.61. The Morgan fingerprint density at radius 2 is 2.05 bits per heavy atom. The van der Waals surface area contributed by atoms with E-state index >= 15 is 0 Å². The van der Waals surface area contributed by atoms with Crippen LogP contribution in [0.1, 0.15) is 18.7 Å². The summed E-state index contributed by atoms with van der Waals surface area (Å²) in [4.78, 5) is 8.27. The molecule has 0 aromatic carbocycles. The fourth-order valence-electron chi connectivity index (χ4n) is 2.11. The summed E-state index contributed by atoms with van der Waals surface area (Å²) in [5.41, 5.74) is 5.38. The number of aliphatic hydroxyl groups excluding tert-OH is 1. The first-order valence-electron chi connectivity index (χ1n) is 5.86. The second-order valence-corrected chi connectivity index (χ2v) is 4.84. The van der Waals surface area contributed by atoms with E-state index in [9.17, 15) is 18.3 Å². The van der Waals surface area contributed by atoms with Crippen LogP contribution in [0.25, 0.3) is 0 Å². The average molecular weight is 276 g/mol. The van der Waals surface area contributed by atoms with Crippen molar-refractivity contribution in [2.75, 3.05) is 24.2 Å². The SMILES string of the molecule is CN(CC1CC(O)C1)c1cc(N)nc(C(F)(F)F)n1. The third-order valence-corrected chi connectivity index (χ3v) is 3.12. The molecule has 106 valence electrons. The van der Waals surface area contributed by atoms with Crippen LogP contribution in [0.4, 0.5) is 24.8 Å². The van der Waals surface area contributed by atoms with Gasteiger partial charge in [0, 0.05) is 19.7 Å². The molecule has 0 amide bonds. The summed E-state index contributed by atoms with van der Waals surface area (Å²) in [6.45, 7) is 0.533. The van der Waals surface area contributed by atoms with Gasteiger partial charge in [-0.1, -0.05) is 0 Å². The number of alkyl halides is 3. The zero-order valence-electron chi connectivity index (χ0n) is 10.4. The van der Waals surface area contributed by atoms with Crippen molar-refractivity contribution >= 4 is 11.6 Å². The summed E-state index contributed by atoms with van der Waals surface area (Å²) in [6, 6.07) is 1.31. The summed E-state index contributed by atoms with van der Waals surface area (Å²) in [5, 5.41) is 9.18. The molecule has 1 fully saturated rings. The number of anilines is 2. The van der Waals surface area contributed by atoms with E-state index in [-0.39, 0.29) is 23.7 Å². The third-order valence-electron chi connectivity index (χ3n) is 3.12. The Balaban J connectivity index is 2.12. The Bertz CT molecular complexity index is 460. The second-order valence-electron chi connectivity index (χ2n) is 4.84. The third kappa shape index (κ3) is 3.25. The Hall–Kier alpha value is -1.57. The highest BCUT2D eigenvalue weighted by Gasteiger charge is 2.36. The lowest BCUT2D eigenvalue weighted by atomic mass is 9.82. The molecule has 1 aliphatic rings. The van der Waals surface area contributed by atoms with Gasteiger partial charge in [-0.3, -0.25) is 0 Å². The monoisotopic (exact) mass is 276 g/mol. The average Bonchev–Trinajstić information content (AvgIpc) is 2.24. The minimum Gasteiger partial charge on any atom is -0.393 e. The zero-order chi connectivity index (χ0) is 14.2. The predicted octanol–water partition coefficient (Wildman–Crippen LogP) is 1.28. The second kappa shape index (κ2) is 4.84. The van der Waals surface area contributed by atoms with E-state index < -0.39 is 12.0 Å². The highest BCUT2D eigenvalue weighted by atomic mass is 19.4. The van der Waals surface area contributed by atoms with Gasteiger partial charge in [0.05, 0.1) is 6.10 Å². The summed E-state index contributed by atoms with van der Waals surface area (Å²) in [6.07, 6.45) is -3.58. The van der Waals surface area contributed by atoms with Crippen molar-refractivity contribution in [1.29, 1.82) is 0 Å². The first-order valence-corrected chi connectivity index (χ1v) is 5.86. The van der Waals surface area contributed by atoms with Crippen LogP contribution in [0.15, 0.2) is 6.07 Å². The van der Waals surface area contributed by atoms with Crippen molar-refractivity contribution in [2.45, 2.75) is 25.1 Å². The largest absolute Gasteiger partial charge is 0.451 e. The van der Waals surface area contributed by atoms with Crippen LogP contribution in [0.2, 0.25) is 0 Å². The van der Waals surface area contributed by atoms with Crippen LogP contribution < -0.4 is 10.6 Å². The maximum absolute atomic E-state index is 12.6. The van der Waals surface area contributed by atoms with Gasteiger partial charge in [-0.2, -0.15) is 13.2 Å². The van der Waals surface area contributed by atoms with E-state index in [4.69, 9.17) is 5.73 Å². The maximum Gasteiger partial charge on any atom is 0.451 e. The van der Waals surface area contributed by atoms with Crippen molar-refractivity contribution in [2.24, 2.45) is 5.92 Å². The Morgan fingerprint density at radius 1 is 1.42 bits per heavy atom. The smallest absolute Gasteiger partial charge is 0.393 e. The molecule has 0 spiro atoms. The number of hydrogen-bond donors (Lipinski definition) is 2. The van der Waals surface area contributed by atoms with Gasteiger partial charge < -0.3 is 15.7 Å². The molecule has 19 heavy (non-hydrogen) atoms. The van der Waals surface area contributed by atoms with E-state index in [1.54, 1.807) is 11.9 Å².